The number of carbonyl (C=O) groups excluding carboxylic acids is 1. The van der Waals surface area contributed by atoms with Gasteiger partial charge in [-0.3, -0.25) is 4.79 Å². The van der Waals surface area contributed by atoms with E-state index in [9.17, 15) is 20.1 Å². The highest BCUT2D eigenvalue weighted by atomic mass is 16.5. The van der Waals surface area contributed by atoms with Crippen molar-refractivity contribution in [3.63, 3.8) is 0 Å². The first-order chi connectivity index (χ1) is 17.3. The molecule has 196 valence electrons. The van der Waals surface area contributed by atoms with Crippen LogP contribution >= 0.6 is 0 Å². The van der Waals surface area contributed by atoms with E-state index in [-0.39, 0.29) is 23.9 Å². The number of allylic oxidation sites excluding steroid dienone is 2. The smallest absolute Gasteiger partial charge is 0.306 e. The van der Waals surface area contributed by atoms with Gasteiger partial charge in [-0.05, 0) is 75.6 Å². The molecule has 0 radical (unpaired) electrons. The fraction of sp³-hybridized carbons (Fsp3) is 0.500. The van der Waals surface area contributed by atoms with E-state index in [0.29, 0.717) is 32.1 Å². The maximum absolute atomic E-state index is 11.6. The van der Waals surface area contributed by atoms with Crippen LogP contribution in [-0.4, -0.2) is 45.7 Å². The Kier molecular flexibility index (Phi) is 11.0. The molecule has 6 heteroatoms. The first kappa shape index (κ1) is 27.9. The Bertz CT molecular complexity index is 977. The number of furan rings is 1. The molecular weight excluding hydrogens is 456 g/mol. The van der Waals surface area contributed by atoms with E-state index in [2.05, 4.69) is 6.07 Å². The molecule has 3 rings (SSSR count). The van der Waals surface area contributed by atoms with Crippen molar-refractivity contribution in [2.75, 3.05) is 0 Å². The zero-order valence-electron chi connectivity index (χ0n) is 21.3. The highest BCUT2D eigenvalue weighted by Gasteiger charge is 2.39. The predicted octanol–water partition coefficient (Wildman–Crippen LogP) is 5.22. The Hall–Kier alpha value is -2.67. The fourth-order valence-corrected chi connectivity index (χ4v) is 4.75. The lowest BCUT2D eigenvalue weighted by atomic mass is 9.89. The van der Waals surface area contributed by atoms with E-state index < -0.39 is 18.3 Å². The van der Waals surface area contributed by atoms with Gasteiger partial charge in [-0.2, -0.15) is 0 Å². The summed E-state index contributed by atoms with van der Waals surface area (Å²) in [5.41, 5.74) is 2.13. The van der Waals surface area contributed by atoms with Gasteiger partial charge in [0.2, 0.25) is 0 Å². The van der Waals surface area contributed by atoms with Crippen molar-refractivity contribution in [1.29, 1.82) is 0 Å². The maximum atomic E-state index is 11.6. The van der Waals surface area contributed by atoms with Gasteiger partial charge in [0.05, 0.1) is 30.7 Å². The minimum absolute atomic E-state index is 0.0923. The molecule has 0 unspecified atom stereocenters. The lowest BCUT2D eigenvalue weighted by molar-refractivity contribution is -0.147. The van der Waals surface area contributed by atoms with Crippen molar-refractivity contribution in [3.8, 4) is 11.3 Å². The zero-order valence-corrected chi connectivity index (χ0v) is 21.3. The molecule has 1 aliphatic rings. The number of rotatable bonds is 13. The summed E-state index contributed by atoms with van der Waals surface area (Å²) in [4.78, 5) is 11.6. The average molecular weight is 497 g/mol. The van der Waals surface area contributed by atoms with E-state index in [4.69, 9.17) is 9.15 Å². The Labute approximate surface area is 214 Å². The summed E-state index contributed by atoms with van der Waals surface area (Å²) < 4.78 is 10.6. The molecule has 36 heavy (non-hydrogen) atoms. The standard InChI is InChI=1S/C30H40O6/c1-21(2)36-30(34)13-6-4-3-5-11-25-26(28(33)20-27(25)32)17-16-24(31)15-14-22-9-7-10-23(19-22)29-12-8-18-35-29/h3,5,7-10,12,16-19,21,24-28,31-33H,4,6,11,13-15,20H2,1-2H3/b5-3-,17-16+/t24-,25-,26-,27+,28-/m1/s1. The normalized spacial score (nSPS) is 23.2. The number of hydrogen-bond donors (Lipinski definition) is 3. The number of aliphatic hydroxyl groups excluding tert-OH is 3. The molecule has 2 aromatic rings. The van der Waals surface area contributed by atoms with Gasteiger partial charge in [-0.15, -0.1) is 0 Å². The Morgan fingerprint density at radius 2 is 2.00 bits per heavy atom. The van der Waals surface area contributed by atoms with Crippen LogP contribution in [0.5, 0.6) is 0 Å². The van der Waals surface area contributed by atoms with Crippen LogP contribution in [0, 0.1) is 11.8 Å². The number of ether oxygens (including phenoxy) is 1. The summed E-state index contributed by atoms with van der Waals surface area (Å²) in [5, 5.41) is 31.5. The molecule has 1 saturated carbocycles. The predicted molar refractivity (Wildman–Crippen MR) is 140 cm³/mol. The Morgan fingerprint density at radius 1 is 1.17 bits per heavy atom. The number of aryl methyl sites for hydroxylation is 1. The van der Waals surface area contributed by atoms with Crippen molar-refractivity contribution in [3.05, 3.63) is 72.5 Å². The summed E-state index contributed by atoms with van der Waals surface area (Å²) in [7, 11) is 0. The van der Waals surface area contributed by atoms with Crippen molar-refractivity contribution < 1.29 is 29.3 Å². The quantitative estimate of drug-likeness (QED) is 0.200. The molecule has 1 fully saturated rings. The van der Waals surface area contributed by atoms with Gasteiger partial charge in [0, 0.05) is 24.3 Å². The first-order valence-corrected chi connectivity index (χ1v) is 13.0. The number of unbranched alkanes of at least 4 members (excludes halogenated alkanes) is 1. The Morgan fingerprint density at radius 3 is 2.75 bits per heavy atom. The SMILES string of the molecule is CC(C)OC(=O)CCC/C=C\C[C@@H]1[C@@H](/C=C/[C@H](O)CCc2cccc(-c3ccco3)c2)[C@H](O)C[C@@H]1O. The minimum Gasteiger partial charge on any atom is -0.464 e. The molecule has 0 spiro atoms. The first-order valence-electron chi connectivity index (χ1n) is 13.0. The van der Waals surface area contributed by atoms with Gasteiger partial charge in [0.25, 0.3) is 0 Å². The van der Waals surface area contributed by atoms with Crippen LogP contribution in [-0.2, 0) is 16.0 Å². The molecule has 6 nitrogen and oxygen atoms in total. The van der Waals surface area contributed by atoms with E-state index in [0.717, 1.165) is 29.7 Å². The summed E-state index contributed by atoms with van der Waals surface area (Å²) in [5.74, 6) is 0.333. The topological polar surface area (TPSA) is 100 Å². The summed E-state index contributed by atoms with van der Waals surface area (Å²) >= 11 is 0. The Balaban J connectivity index is 1.45. The summed E-state index contributed by atoms with van der Waals surface area (Å²) in [6.45, 7) is 3.68. The van der Waals surface area contributed by atoms with Gasteiger partial charge in [-0.25, -0.2) is 0 Å². The lowest BCUT2D eigenvalue weighted by Crippen LogP contribution is -2.20. The fourth-order valence-electron chi connectivity index (χ4n) is 4.75. The third-order valence-corrected chi connectivity index (χ3v) is 6.63. The molecule has 0 saturated heterocycles. The highest BCUT2D eigenvalue weighted by Crippen LogP contribution is 2.36. The molecule has 0 amide bonds. The highest BCUT2D eigenvalue weighted by molar-refractivity contribution is 5.69. The van der Waals surface area contributed by atoms with Crippen LogP contribution in [0.25, 0.3) is 11.3 Å². The molecule has 5 atom stereocenters. The molecule has 1 aliphatic carbocycles. The number of carbonyl (C=O) groups is 1. The molecule has 3 N–H and O–H groups in total. The van der Waals surface area contributed by atoms with Crippen LogP contribution in [0.1, 0.15) is 57.9 Å². The van der Waals surface area contributed by atoms with Crippen LogP contribution in [0.15, 0.2) is 71.4 Å². The number of aliphatic hydroxyl groups is 3. The summed E-state index contributed by atoms with van der Waals surface area (Å²) in [6.07, 6.45) is 11.5. The van der Waals surface area contributed by atoms with Gasteiger partial charge < -0.3 is 24.5 Å². The van der Waals surface area contributed by atoms with E-state index >= 15 is 0 Å². The number of hydrogen-bond acceptors (Lipinski definition) is 6. The maximum Gasteiger partial charge on any atom is 0.306 e. The molecule has 0 aliphatic heterocycles. The number of benzene rings is 1. The third kappa shape index (κ3) is 8.77. The van der Waals surface area contributed by atoms with Crippen LogP contribution in [0.4, 0.5) is 0 Å². The van der Waals surface area contributed by atoms with Crippen LogP contribution in [0.3, 0.4) is 0 Å². The van der Waals surface area contributed by atoms with Crippen LogP contribution in [0.2, 0.25) is 0 Å². The van der Waals surface area contributed by atoms with Crippen LogP contribution < -0.4 is 0 Å². The number of esters is 1. The second kappa shape index (κ2) is 14.2. The second-order valence-electron chi connectivity index (χ2n) is 9.92. The zero-order chi connectivity index (χ0) is 25.9. The lowest BCUT2D eigenvalue weighted by Gasteiger charge is -2.19. The van der Waals surface area contributed by atoms with Gasteiger partial charge in [0.1, 0.15) is 5.76 Å². The van der Waals surface area contributed by atoms with E-state index in [1.807, 2.05) is 62.4 Å². The monoisotopic (exact) mass is 496 g/mol. The second-order valence-corrected chi connectivity index (χ2v) is 9.92. The molecule has 1 aromatic carbocycles. The van der Waals surface area contributed by atoms with Gasteiger partial charge >= 0.3 is 5.97 Å². The molecular formula is C30H40O6. The van der Waals surface area contributed by atoms with Crippen molar-refractivity contribution in [2.24, 2.45) is 11.8 Å². The molecule has 1 aromatic heterocycles. The van der Waals surface area contributed by atoms with E-state index in [1.54, 1.807) is 12.3 Å². The average Bonchev–Trinajstić information content (AvgIpc) is 3.46. The minimum atomic E-state index is -0.635. The van der Waals surface area contributed by atoms with Crippen molar-refractivity contribution in [1.82, 2.24) is 0 Å². The van der Waals surface area contributed by atoms with Gasteiger partial charge in [-0.1, -0.05) is 42.5 Å². The van der Waals surface area contributed by atoms with Crippen molar-refractivity contribution in [2.45, 2.75) is 83.2 Å². The molecule has 1 heterocycles. The van der Waals surface area contributed by atoms with Crippen molar-refractivity contribution >= 4 is 5.97 Å². The summed E-state index contributed by atoms with van der Waals surface area (Å²) in [6, 6.07) is 11.9. The largest absolute Gasteiger partial charge is 0.464 e. The van der Waals surface area contributed by atoms with E-state index in [1.165, 1.54) is 0 Å². The third-order valence-electron chi connectivity index (χ3n) is 6.63. The van der Waals surface area contributed by atoms with Gasteiger partial charge in [0.15, 0.2) is 0 Å². The molecule has 0 bridgehead atoms.